The second kappa shape index (κ2) is 10.5. The Hall–Kier alpha value is -3.23. The molecule has 0 radical (unpaired) electrons. The molecule has 6 rings (SSSR count). The van der Waals surface area contributed by atoms with Gasteiger partial charge in [0.25, 0.3) is 5.91 Å². The molecule has 3 aliphatic heterocycles. The third kappa shape index (κ3) is 4.95. The van der Waals surface area contributed by atoms with Gasteiger partial charge in [-0.1, -0.05) is 23.8 Å². The molecular formula is C30H38N6O2. The fourth-order valence-electron chi connectivity index (χ4n) is 6.02. The lowest BCUT2D eigenvalue weighted by molar-refractivity contribution is -0.0611. The second-order valence-electron chi connectivity index (χ2n) is 11.4. The van der Waals surface area contributed by atoms with Crippen LogP contribution < -0.4 is 10.6 Å². The number of carbonyl (C=O) groups is 1. The molecule has 1 aromatic carbocycles. The van der Waals surface area contributed by atoms with Gasteiger partial charge in [-0.15, -0.1) is 10.2 Å². The summed E-state index contributed by atoms with van der Waals surface area (Å²) in [5.74, 6) is 1.01. The Bertz CT molecular complexity index is 1300. The Labute approximate surface area is 224 Å². The van der Waals surface area contributed by atoms with Gasteiger partial charge in [-0.25, -0.2) is 0 Å². The van der Waals surface area contributed by atoms with E-state index in [0.717, 1.165) is 72.7 Å². The van der Waals surface area contributed by atoms with Crippen molar-refractivity contribution < 1.29 is 9.53 Å². The van der Waals surface area contributed by atoms with E-state index in [0.29, 0.717) is 25.8 Å². The van der Waals surface area contributed by atoms with Crippen molar-refractivity contribution in [3.05, 3.63) is 82.2 Å². The van der Waals surface area contributed by atoms with Gasteiger partial charge in [-0.05, 0) is 74.9 Å². The van der Waals surface area contributed by atoms with Gasteiger partial charge in [0.2, 0.25) is 0 Å². The maximum absolute atomic E-state index is 13.8. The number of carbonyl (C=O) groups excluding carboxylic acids is 1. The van der Waals surface area contributed by atoms with Gasteiger partial charge in [0.05, 0.1) is 19.8 Å². The Kier molecular flexibility index (Phi) is 6.93. The van der Waals surface area contributed by atoms with Crippen LogP contribution in [0.5, 0.6) is 0 Å². The number of aromatic nitrogens is 3. The van der Waals surface area contributed by atoms with Crippen LogP contribution in [0.1, 0.15) is 66.3 Å². The molecule has 2 N–H and O–H groups in total. The van der Waals surface area contributed by atoms with E-state index in [1.807, 2.05) is 16.5 Å². The lowest BCUT2D eigenvalue weighted by Crippen LogP contribution is -2.49. The van der Waals surface area contributed by atoms with Crippen molar-refractivity contribution in [2.75, 3.05) is 26.3 Å². The fraction of sp³-hybridized carbons (Fsp3) is 0.500. The lowest BCUT2D eigenvalue weighted by Gasteiger charge is -2.41. The SMILES string of the molecule is C/C1=C/C(NCC2CCCN2)=C\C(N2Cc3ccc(C4(Cc5nncn5C)COC4)cc3C2=O)=C\CCC1. The van der Waals surface area contributed by atoms with Crippen molar-refractivity contribution in [3.8, 4) is 0 Å². The molecule has 1 atom stereocenters. The monoisotopic (exact) mass is 514 g/mol. The van der Waals surface area contributed by atoms with Crippen LogP contribution in [0.4, 0.5) is 0 Å². The number of benzene rings is 1. The molecule has 2 saturated heterocycles. The molecule has 4 heterocycles. The summed E-state index contributed by atoms with van der Waals surface area (Å²) < 4.78 is 7.63. The molecule has 1 unspecified atom stereocenters. The van der Waals surface area contributed by atoms with E-state index in [1.54, 1.807) is 6.33 Å². The highest BCUT2D eigenvalue weighted by atomic mass is 16.5. The van der Waals surface area contributed by atoms with Gasteiger partial charge in [0, 0.05) is 48.4 Å². The summed E-state index contributed by atoms with van der Waals surface area (Å²) in [4.78, 5) is 15.8. The van der Waals surface area contributed by atoms with Crippen molar-refractivity contribution in [2.24, 2.45) is 7.05 Å². The predicted octanol–water partition coefficient (Wildman–Crippen LogP) is 3.52. The first-order valence-electron chi connectivity index (χ1n) is 13.9. The van der Waals surface area contributed by atoms with Gasteiger partial charge in [-0.3, -0.25) is 4.79 Å². The quantitative estimate of drug-likeness (QED) is 0.588. The first-order valence-corrected chi connectivity index (χ1v) is 13.9. The molecule has 4 aliphatic rings. The summed E-state index contributed by atoms with van der Waals surface area (Å²) in [5, 5.41) is 15.6. The number of ether oxygens (including phenoxy) is 1. The Morgan fingerprint density at radius 3 is 2.87 bits per heavy atom. The van der Waals surface area contributed by atoms with Crippen molar-refractivity contribution in [1.82, 2.24) is 30.3 Å². The number of rotatable bonds is 7. The molecule has 0 saturated carbocycles. The summed E-state index contributed by atoms with van der Waals surface area (Å²) >= 11 is 0. The third-order valence-electron chi connectivity index (χ3n) is 8.45. The van der Waals surface area contributed by atoms with Crippen LogP contribution in [0, 0.1) is 0 Å². The highest BCUT2D eigenvalue weighted by Crippen LogP contribution is 2.38. The molecule has 8 nitrogen and oxygen atoms in total. The molecule has 0 spiro atoms. The van der Waals surface area contributed by atoms with Crippen LogP contribution >= 0.6 is 0 Å². The molecule has 2 fully saturated rings. The van der Waals surface area contributed by atoms with Crippen molar-refractivity contribution in [3.63, 3.8) is 0 Å². The predicted molar refractivity (Wildman–Crippen MR) is 146 cm³/mol. The van der Waals surface area contributed by atoms with Gasteiger partial charge in [-0.2, -0.15) is 0 Å². The molecular weight excluding hydrogens is 476 g/mol. The van der Waals surface area contributed by atoms with E-state index in [-0.39, 0.29) is 11.3 Å². The number of nitrogens with one attached hydrogen (secondary N) is 2. The lowest BCUT2D eigenvalue weighted by atomic mass is 9.75. The minimum Gasteiger partial charge on any atom is -0.383 e. The molecule has 38 heavy (non-hydrogen) atoms. The minimum absolute atomic E-state index is 0.0789. The van der Waals surface area contributed by atoms with E-state index >= 15 is 0 Å². The Morgan fingerprint density at radius 1 is 1.24 bits per heavy atom. The zero-order valence-electron chi connectivity index (χ0n) is 22.5. The zero-order valence-corrected chi connectivity index (χ0v) is 22.5. The third-order valence-corrected chi connectivity index (χ3v) is 8.45. The normalized spacial score (nSPS) is 27.1. The number of hydrogen-bond acceptors (Lipinski definition) is 6. The number of fused-ring (bicyclic) bond motifs is 1. The highest BCUT2D eigenvalue weighted by molar-refractivity contribution is 6.00. The highest BCUT2D eigenvalue weighted by Gasteiger charge is 2.43. The van der Waals surface area contributed by atoms with Gasteiger partial charge in [0.1, 0.15) is 12.2 Å². The number of aryl methyl sites for hydroxylation is 1. The maximum Gasteiger partial charge on any atom is 0.258 e. The van der Waals surface area contributed by atoms with Crippen LogP contribution in [-0.4, -0.2) is 57.9 Å². The first kappa shape index (κ1) is 25.1. The number of allylic oxidation sites excluding steroid dienone is 4. The maximum atomic E-state index is 13.8. The van der Waals surface area contributed by atoms with Gasteiger partial charge >= 0.3 is 0 Å². The molecule has 200 valence electrons. The molecule has 0 bridgehead atoms. The molecule has 1 aliphatic carbocycles. The van der Waals surface area contributed by atoms with Crippen LogP contribution in [0.15, 0.2) is 59.7 Å². The minimum atomic E-state index is -0.172. The summed E-state index contributed by atoms with van der Waals surface area (Å²) in [6.45, 7) is 6.05. The van der Waals surface area contributed by atoms with Crippen LogP contribution in [0.3, 0.4) is 0 Å². The average molecular weight is 515 g/mol. The van der Waals surface area contributed by atoms with Crippen molar-refractivity contribution in [2.45, 2.75) is 63.5 Å². The number of nitrogens with zero attached hydrogens (tertiary/aromatic N) is 4. The van der Waals surface area contributed by atoms with Gasteiger partial charge < -0.3 is 24.8 Å². The van der Waals surface area contributed by atoms with E-state index in [1.165, 1.54) is 18.4 Å². The Balaban J connectivity index is 1.25. The van der Waals surface area contributed by atoms with E-state index in [2.05, 4.69) is 64.2 Å². The Morgan fingerprint density at radius 2 is 2.13 bits per heavy atom. The summed E-state index contributed by atoms with van der Waals surface area (Å²) in [6, 6.07) is 6.92. The van der Waals surface area contributed by atoms with Crippen LogP contribution in [0.2, 0.25) is 0 Å². The fourth-order valence-corrected chi connectivity index (χ4v) is 6.02. The topological polar surface area (TPSA) is 84.3 Å². The molecule has 8 heteroatoms. The largest absolute Gasteiger partial charge is 0.383 e. The van der Waals surface area contributed by atoms with Crippen LogP contribution in [0.25, 0.3) is 0 Å². The molecule has 1 amide bonds. The van der Waals surface area contributed by atoms with Crippen LogP contribution in [-0.2, 0) is 30.2 Å². The van der Waals surface area contributed by atoms with Crippen molar-refractivity contribution >= 4 is 5.91 Å². The summed E-state index contributed by atoms with van der Waals surface area (Å²) in [5.41, 5.74) is 6.30. The first-order chi connectivity index (χ1) is 18.5. The van der Waals surface area contributed by atoms with Gasteiger partial charge in [0.15, 0.2) is 0 Å². The summed E-state index contributed by atoms with van der Waals surface area (Å²) in [7, 11) is 1.97. The average Bonchev–Trinajstić information content (AvgIpc) is 3.63. The number of amides is 1. The van der Waals surface area contributed by atoms with E-state index < -0.39 is 0 Å². The molecule has 2 aromatic rings. The number of hydrogen-bond donors (Lipinski definition) is 2. The second-order valence-corrected chi connectivity index (χ2v) is 11.4. The summed E-state index contributed by atoms with van der Waals surface area (Å²) in [6.07, 6.45) is 14.7. The van der Waals surface area contributed by atoms with E-state index in [4.69, 9.17) is 4.74 Å². The zero-order chi connectivity index (χ0) is 26.1. The van der Waals surface area contributed by atoms with Crippen molar-refractivity contribution in [1.29, 1.82) is 0 Å². The van der Waals surface area contributed by atoms with E-state index in [9.17, 15) is 4.79 Å². The molecule has 1 aromatic heterocycles. The standard InChI is InChI=1S/C30H38N6O2/c1-21-6-3-4-8-26(14-25(12-21)32-16-24-7-5-11-31-24)36-17-22-9-10-23(13-27(22)29(36)37)30(18-38-19-30)15-28-34-33-20-35(28)2/h8-10,12-14,20,24,31-32H,3-7,11,15-19H2,1-2H3/b21-12-,25-14+,26-8-. The smallest absolute Gasteiger partial charge is 0.258 e.